The van der Waals surface area contributed by atoms with Crippen molar-refractivity contribution >= 4 is 22.6 Å². The second-order valence-electron chi connectivity index (χ2n) is 6.70. The van der Waals surface area contributed by atoms with Crippen molar-refractivity contribution in [2.45, 2.75) is 27.2 Å². The SMILES string of the molecule is CCc1ccc(-n2nnc(-c3nsc(NC(=O)c4ccc(C)cc4)n3)c2C)cc1. The van der Waals surface area contributed by atoms with Gasteiger partial charge in [-0.25, -0.2) is 4.68 Å². The lowest BCUT2D eigenvalue weighted by Crippen LogP contribution is -2.11. The Morgan fingerprint density at radius 1 is 1.07 bits per heavy atom. The minimum absolute atomic E-state index is 0.218. The lowest BCUT2D eigenvalue weighted by atomic mass is 10.1. The number of hydrogen-bond donors (Lipinski definition) is 1. The molecule has 0 radical (unpaired) electrons. The highest BCUT2D eigenvalue weighted by Crippen LogP contribution is 2.24. The minimum Gasteiger partial charge on any atom is -0.297 e. The van der Waals surface area contributed by atoms with Gasteiger partial charge in [0.15, 0.2) is 11.5 Å². The topological polar surface area (TPSA) is 85.6 Å². The van der Waals surface area contributed by atoms with Crippen molar-refractivity contribution in [3.8, 4) is 17.2 Å². The van der Waals surface area contributed by atoms with Crippen molar-refractivity contribution in [2.24, 2.45) is 0 Å². The van der Waals surface area contributed by atoms with Crippen molar-refractivity contribution in [2.75, 3.05) is 5.32 Å². The van der Waals surface area contributed by atoms with E-state index in [2.05, 4.69) is 44.0 Å². The highest BCUT2D eigenvalue weighted by atomic mass is 32.1. The largest absolute Gasteiger partial charge is 0.297 e. The smallest absolute Gasteiger partial charge is 0.257 e. The number of nitrogens with zero attached hydrogens (tertiary/aromatic N) is 5. The van der Waals surface area contributed by atoms with E-state index in [9.17, 15) is 4.79 Å². The average molecular weight is 404 g/mol. The Kier molecular flexibility index (Phi) is 5.18. The van der Waals surface area contributed by atoms with E-state index in [1.807, 2.05) is 38.1 Å². The first-order chi connectivity index (χ1) is 14.0. The molecule has 2 aromatic heterocycles. The van der Waals surface area contributed by atoms with Gasteiger partial charge in [0.2, 0.25) is 5.13 Å². The second-order valence-corrected chi connectivity index (χ2v) is 7.45. The molecule has 2 heterocycles. The summed E-state index contributed by atoms with van der Waals surface area (Å²) in [5.74, 6) is 0.229. The molecule has 0 saturated heterocycles. The minimum atomic E-state index is -0.218. The molecule has 0 spiro atoms. The lowest BCUT2D eigenvalue weighted by Gasteiger charge is -2.04. The van der Waals surface area contributed by atoms with Crippen LogP contribution >= 0.6 is 11.5 Å². The van der Waals surface area contributed by atoms with E-state index < -0.39 is 0 Å². The quantitative estimate of drug-likeness (QED) is 0.538. The summed E-state index contributed by atoms with van der Waals surface area (Å²) >= 11 is 1.12. The van der Waals surface area contributed by atoms with E-state index in [4.69, 9.17) is 0 Å². The summed E-state index contributed by atoms with van der Waals surface area (Å²) in [5.41, 5.74) is 5.30. The predicted molar refractivity (Wildman–Crippen MR) is 114 cm³/mol. The first-order valence-electron chi connectivity index (χ1n) is 9.29. The van der Waals surface area contributed by atoms with Crippen LogP contribution in [0.4, 0.5) is 5.13 Å². The maximum Gasteiger partial charge on any atom is 0.257 e. The van der Waals surface area contributed by atoms with E-state index >= 15 is 0 Å². The van der Waals surface area contributed by atoms with Crippen LogP contribution in [0.5, 0.6) is 0 Å². The molecule has 1 N–H and O–H groups in total. The molecule has 1 amide bonds. The van der Waals surface area contributed by atoms with Gasteiger partial charge in [0.1, 0.15) is 0 Å². The molecule has 8 heteroatoms. The Morgan fingerprint density at radius 2 is 1.79 bits per heavy atom. The normalized spacial score (nSPS) is 10.9. The van der Waals surface area contributed by atoms with Gasteiger partial charge in [0.25, 0.3) is 5.91 Å². The second kappa shape index (κ2) is 7.92. The van der Waals surface area contributed by atoms with Gasteiger partial charge in [-0.2, -0.15) is 9.36 Å². The summed E-state index contributed by atoms with van der Waals surface area (Å²) in [6, 6.07) is 15.6. The molecule has 0 saturated carbocycles. The van der Waals surface area contributed by atoms with E-state index in [0.29, 0.717) is 22.2 Å². The number of rotatable bonds is 5. The standard InChI is InChI=1S/C21H20N6OS/c1-4-15-7-11-17(12-8-15)27-14(3)18(24-26-27)19-22-21(29-25-19)23-20(28)16-9-5-13(2)6-10-16/h5-12H,4H2,1-3H3,(H,22,23,25,28). The Labute approximate surface area is 172 Å². The third-order valence-electron chi connectivity index (χ3n) is 4.66. The zero-order valence-corrected chi connectivity index (χ0v) is 17.2. The molecular formula is C21H20N6OS. The molecule has 29 heavy (non-hydrogen) atoms. The van der Waals surface area contributed by atoms with Gasteiger partial charge in [-0.15, -0.1) is 5.10 Å². The third kappa shape index (κ3) is 3.93. The molecule has 4 rings (SSSR count). The van der Waals surface area contributed by atoms with Gasteiger partial charge in [0, 0.05) is 17.1 Å². The molecule has 0 atom stereocenters. The summed E-state index contributed by atoms with van der Waals surface area (Å²) in [7, 11) is 0. The number of hydrogen-bond acceptors (Lipinski definition) is 6. The van der Waals surface area contributed by atoms with Gasteiger partial charge in [-0.1, -0.05) is 42.0 Å². The fraction of sp³-hybridized carbons (Fsp3) is 0.190. The van der Waals surface area contributed by atoms with Gasteiger partial charge in [0.05, 0.1) is 11.4 Å². The van der Waals surface area contributed by atoms with Crippen LogP contribution in [0.15, 0.2) is 48.5 Å². The van der Waals surface area contributed by atoms with Crippen molar-refractivity contribution in [3.05, 3.63) is 70.9 Å². The Bertz CT molecular complexity index is 1140. The third-order valence-corrected chi connectivity index (χ3v) is 5.29. The number of carbonyl (C=O) groups is 1. The van der Waals surface area contributed by atoms with Gasteiger partial charge >= 0.3 is 0 Å². The number of amides is 1. The van der Waals surface area contributed by atoms with Gasteiger partial charge < -0.3 is 0 Å². The van der Waals surface area contributed by atoms with Crippen LogP contribution in [0.3, 0.4) is 0 Å². The van der Waals surface area contributed by atoms with Crippen LogP contribution in [0.2, 0.25) is 0 Å². The average Bonchev–Trinajstić information content (AvgIpc) is 3.35. The summed E-state index contributed by atoms with van der Waals surface area (Å²) in [4.78, 5) is 16.8. The zero-order chi connectivity index (χ0) is 20.4. The number of benzene rings is 2. The molecule has 146 valence electrons. The van der Waals surface area contributed by atoms with Crippen LogP contribution in [0.1, 0.15) is 34.1 Å². The molecule has 0 aliphatic carbocycles. The highest BCUT2D eigenvalue weighted by molar-refractivity contribution is 7.10. The molecule has 0 bridgehead atoms. The molecule has 0 aliphatic heterocycles. The van der Waals surface area contributed by atoms with Crippen LogP contribution in [0, 0.1) is 13.8 Å². The molecule has 4 aromatic rings. The fourth-order valence-electron chi connectivity index (χ4n) is 2.90. The Morgan fingerprint density at radius 3 is 2.48 bits per heavy atom. The summed E-state index contributed by atoms with van der Waals surface area (Å²) in [5, 5.41) is 11.7. The first-order valence-corrected chi connectivity index (χ1v) is 10.1. The van der Waals surface area contributed by atoms with Crippen LogP contribution in [0.25, 0.3) is 17.2 Å². The molecule has 0 aliphatic rings. The van der Waals surface area contributed by atoms with Gasteiger partial charge in [-0.05, 0) is 50.1 Å². The molecule has 0 unspecified atom stereocenters. The molecule has 7 nitrogen and oxygen atoms in total. The summed E-state index contributed by atoms with van der Waals surface area (Å²) < 4.78 is 6.11. The monoisotopic (exact) mass is 404 g/mol. The van der Waals surface area contributed by atoms with E-state index in [0.717, 1.165) is 34.9 Å². The number of aromatic nitrogens is 5. The number of nitrogens with one attached hydrogen (secondary N) is 1. The Balaban J connectivity index is 1.54. The number of aryl methyl sites for hydroxylation is 2. The maximum absolute atomic E-state index is 12.4. The number of carbonyl (C=O) groups excluding carboxylic acids is 1. The first kappa shape index (κ1) is 18.9. The van der Waals surface area contributed by atoms with Crippen molar-refractivity contribution in [1.29, 1.82) is 0 Å². The highest BCUT2D eigenvalue weighted by Gasteiger charge is 2.18. The lowest BCUT2D eigenvalue weighted by molar-refractivity contribution is 0.102. The molecule has 0 fully saturated rings. The van der Waals surface area contributed by atoms with E-state index in [1.165, 1.54) is 5.56 Å². The summed E-state index contributed by atoms with van der Waals surface area (Å²) in [6.07, 6.45) is 0.988. The molecular weight excluding hydrogens is 384 g/mol. The van der Waals surface area contributed by atoms with Crippen LogP contribution in [-0.4, -0.2) is 30.3 Å². The van der Waals surface area contributed by atoms with E-state index in [-0.39, 0.29) is 5.91 Å². The van der Waals surface area contributed by atoms with Crippen LogP contribution < -0.4 is 5.32 Å². The molecule has 2 aromatic carbocycles. The zero-order valence-electron chi connectivity index (χ0n) is 16.4. The van der Waals surface area contributed by atoms with Crippen molar-refractivity contribution in [1.82, 2.24) is 24.4 Å². The summed E-state index contributed by atoms with van der Waals surface area (Å²) in [6.45, 7) is 6.03. The fourth-order valence-corrected chi connectivity index (χ4v) is 3.46. The Hall–Kier alpha value is -3.39. The van der Waals surface area contributed by atoms with Crippen molar-refractivity contribution in [3.63, 3.8) is 0 Å². The van der Waals surface area contributed by atoms with Crippen LogP contribution in [-0.2, 0) is 6.42 Å². The maximum atomic E-state index is 12.4. The number of anilines is 1. The van der Waals surface area contributed by atoms with E-state index in [1.54, 1.807) is 16.8 Å². The predicted octanol–water partition coefficient (Wildman–Crippen LogP) is 4.22. The van der Waals surface area contributed by atoms with Gasteiger partial charge in [-0.3, -0.25) is 10.1 Å². The van der Waals surface area contributed by atoms with Crippen molar-refractivity contribution < 1.29 is 4.79 Å².